The van der Waals surface area contributed by atoms with Crippen LogP contribution in [0.3, 0.4) is 0 Å². The predicted molar refractivity (Wildman–Crippen MR) is 78.9 cm³/mol. The van der Waals surface area contributed by atoms with Gasteiger partial charge in [-0.15, -0.1) is 0 Å². The van der Waals surface area contributed by atoms with Crippen LogP contribution in [0.15, 0.2) is 36.9 Å². The van der Waals surface area contributed by atoms with Gasteiger partial charge in [0, 0.05) is 31.4 Å². The first kappa shape index (κ1) is 13.2. The molecule has 1 aromatic heterocycles. The van der Waals surface area contributed by atoms with Gasteiger partial charge in [0.05, 0.1) is 12.9 Å². The maximum Gasteiger partial charge on any atom is 0.122 e. The molecule has 0 bridgehead atoms. The molecule has 1 unspecified atom stereocenters. The summed E-state index contributed by atoms with van der Waals surface area (Å²) >= 11 is 0. The van der Waals surface area contributed by atoms with E-state index in [1.807, 2.05) is 18.7 Å². The van der Waals surface area contributed by atoms with Gasteiger partial charge in [-0.25, -0.2) is 4.98 Å². The summed E-state index contributed by atoms with van der Waals surface area (Å²) in [4.78, 5) is 4.05. The summed E-state index contributed by atoms with van der Waals surface area (Å²) in [5.74, 6) is 1.06. The fourth-order valence-corrected chi connectivity index (χ4v) is 2.59. The van der Waals surface area contributed by atoms with Gasteiger partial charge in [-0.05, 0) is 37.1 Å². The Morgan fingerprint density at radius 2 is 2.40 bits per heavy atom. The van der Waals surface area contributed by atoms with Crippen molar-refractivity contribution in [3.63, 3.8) is 0 Å². The third kappa shape index (κ3) is 3.02. The molecule has 0 saturated carbocycles. The van der Waals surface area contributed by atoms with Crippen molar-refractivity contribution >= 4 is 0 Å². The molecule has 0 spiro atoms. The molecular formula is C16H21N3O. The fourth-order valence-electron chi connectivity index (χ4n) is 2.59. The Hall–Kier alpha value is -1.81. The Labute approximate surface area is 119 Å². The van der Waals surface area contributed by atoms with Gasteiger partial charge in [-0.3, -0.25) is 0 Å². The molecule has 1 aliphatic heterocycles. The molecular weight excluding hydrogens is 250 g/mol. The number of hydrogen-bond donors (Lipinski definition) is 1. The number of aryl methyl sites for hydroxylation is 1. The number of hydrogen-bond acceptors (Lipinski definition) is 3. The van der Waals surface area contributed by atoms with Crippen molar-refractivity contribution < 1.29 is 4.74 Å². The van der Waals surface area contributed by atoms with E-state index in [1.165, 1.54) is 11.1 Å². The van der Waals surface area contributed by atoms with Crippen LogP contribution in [0.25, 0.3) is 0 Å². The van der Waals surface area contributed by atoms with E-state index in [0.717, 1.165) is 38.3 Å². The number of imidazole rings is 1. The molecule has 106 valence electrons. The maximum absolute atomic E-state index is 5.54. The Morgan fingerprint density at radius 3 is 3.25 bits per heavy atom. The lowest BCUT2D eigenvalue weighted by Crippen LogP contribution is -2.21. The molecule has 0 aliphatic carbocycles. The van der Waals surface area contributed by atoms with Crippen LogP contribution >= 0.6 is 0 Å². The van der Waals surface area contributed by atoms with Crippen LogP contribution in [-0.2, 0) is 13.0 Å². The van der Waals surface area contributed by atoms with E-state index in [0.29, 0.717) is 6.04 Å². The Balaban J connectivity index is 1.48. The first-order valence-electron chi connectivity index (χ1n) is 7.27. The molecule has 3 rings (SSSR count). The van der Waals surface area contributed by atoms with Gasteiger partial charge < -0.3 is 14.6 Å². The van der Waals surface area contributed by atoms with Gasteiger partial charge in [-0.1, -0.05) is 12.1 Å². The highest BCUT2D eigenvalue weighted by Gasteiger charge is 2.14. The highest BCUT2D eigenvalue weighted by Crippen LogP contribution is 2.27. The van der Waals surface area contributed by atoms with E-state index in [1.54, 1.807) is 0 Å². The monoisotopic (exact) mass is 271 g/mol. The molecule has 2 aromatic rings. The maximum atomic E-state index is 5.54. The normalized spacial score (nSPS) is 14.8. The van der Waals surface area contributed by atoms with Gasteiger partial charge >= 0.3 is 0 Å². The molecule has 4 nitrogen and oxygen atoms in total. The van der Waals surface area contributed by atoms with Crippen molar-refractivity contribution in [2.45, 2.75) is 32.4 Å². The van der Waals surface area contributed by atoms with Crippen molar-refractivity contribution in [3.05, 3.63) is 48.0 Å². The number of nitrogens with zero attached hydrogens (tertiary/aromatic N) is 2. The SMILES string of the molecule is CC(NCCCn1ccnc1)c1ccc2c(c1)CCO2. The average molecular weight is 271 g/mol. The lowest BCUT2D eigenvalue weighted by atomic mass is 10.0. The first-order chi connectivity index (χ1) is 9.83. The standard InChI is InChI=1S/C16H21N3O/c1-13(18-6-2-8-19-9-7-17-12-19)14-3-4-16-15(11-14)5-10-20-16/h3-4,7,9,11-13,18H,2,5-6,8,10H2,1H3. The van der Waals surface area contributed by atoms with E-state index < -0.39 is 0 Å². The van der Waals surface area contributed by atoms with Crippen LogP contribution in [0.1, 0.15) is 30.5 Å². The molecule has 1 aromatic carbocycles. The summed E-state index contributed by atoms with van der Waals surface area (Å²) in [6, 6.07) is 6.92. The topological polar surface area (TPSA) is 39.1 Å². The molecule has 2 heterocycles. The Morgan fingerprint density at radius 1 is 1.45 bits per heavy atom. The molecule has 1 atom stereocenters. The van der Waals surface area contributed by atoms with Gasteiger partial charge in [-0.2, -0.15) is 0 Å². The highest BCUT2D eigenvalue weighted by molar-refractivity contribution is 5.40. The quantitative estimate of drug-likeness (QED) is 0.821. The summed E-state index contributed by atoms with van der Waals surface area (Å²) in [6.07, 6.45) is 7.84. The van der Waals surface area contributed by atoms with Crippen molar-refractivity contribution in [1.82, 2.24) is 14.9 Å². The van der Waals surface area contributed by atoms with Crippen molar-refractivity contribution in [2.24, 2.45) is 0 Å². The lowest BCUT2D eigenvalue weighted by Gasteiger charge is -2.15. The van der Waals surface area contributed by atoms with Gasteiger partial charge in [0.2, 0.25) is 0 Å². The largest absolute Gasteiger partial charge is 0.493 e. The highest BCUT2D eigenvalue weighted by atomic mass is 16.5. The molecule has 0 saturated heterocycles. The molecule has 0 radical (unpaired) electrons. The molecule has 0 fully saturated rings. The molecule has 1 N–H and O–H groups in total. The second-order valence-electron chi connectivity index (χ2n) is 5.30. The number of nitrogens with one attached hydrogen (secondary N) is 1. The lowest BCUT2D eigenvalue weighted by molar-refractivity contribution is 0.356. The van der Waals surface area contributed by atoms with E-state index in [2.05, 4.69) is 40.0 Å². The van der Waals surface area contributed by atoms with Gasteiger partial charge in [0.25, 0.3) is 0 Å². The van der Waals surface area contributed by atoms with Crippen LogP contribution < -0.4 is 10.1 Å². The fraction of sp³-hybridized carbons (Fsp3) is 0.438. The number of aromatic nitrogens is 2. The zero-order valence-corrected chi connectivity index (χ0v) is 11.9. The van der Waals surface area contributed by atoms with Crippen molar-refractivity contribution in [2.75, 3.05) is 13.2 Å². The minimum absolute atomic E-state index is 0.378. The average Bonchev–Trinajstić information content (AvgIpc) is 3.13. The number of ether oxygens (including phenoxy) is 1. The number of benzene rings is 1. The van der Waals surface area contributed by atoms with Crippen molar-refractivity contribution in [3.8, 4) is 5.75 Å². The second-order valence-corrected chi connectivity index (χ2v) is 5.30. The zero-order valence-electron chi connectivity index (χ0n) is 11.9. The summed E-state index contributed by atoms with van der Waals surface area (Å²) in [5.41, 5.74) is 2.69. The second kappa shape index (κ2) is 6.09. The number of rotatable bonds is 6. The third-order valence-corrected chi connectivity index (χ3v) is 3.82. The van der Waals surface area contributed by atoms with E-state index in [-0.39, 0.29) is 0 Å². The van der Waals surface area contributed by atoms with Gasteiger partial charge in [0.15, 0.2) is 0 Å². The predicted octanol–water partition coefficient (Wildman–Crippen LogP) is 2.56. The summed E-state index contributed by atoms with van der Waals surface area (Å²) in [6.45, 7) is 5.06. The molecule has 4 heteroatoms. The van der Waals surface area contributed by atoms with Gasteiger partial charge in [0.1, 0.15) is 5.75 Å². The summed E-state index contributed by atoms with van der Waals surface area (Å²) in [5, 5.41) is 3.58. The smallest absolute Gasteiger partial charge is 0.122 e. The Bertz CT molecular complexity index is 551. The third-order valence-electron chi connectivity index (χ3n) is 3.82. The van der Waals surface area contributed by atoms with Crippen LogP contribution in [0.4, 0.5) is 0 Å². The summed E-state index contributed by atoms with van der Waals surface area (Å²) in [7, 11) is 0. The van der Waals surface area contributed by atoms with E-state index >= 15 is 0 Å². The Kier molecular flexibility index (Phi) is 4.02. The minimum Gasteiger partial charge on any atom is -0.493 e. The molecule has 20 heavy (non-hydrogen) atoms. The van der Waals surface area contributed by atoms with Crippen molar-refractivity contribution in [1.29, 1.82) is 0 Å². The van der Waals surface area contributed by atoms with Crippen LogP contribution in [0.5, 0.6) is 5.75 Å². The summed E-state index contributed by atoms with van der Waals surface area (Å²) < 4.78 is 7.65. The minimum atomic E-state index is 0.378. The first-order valence-corrected chi connectivity index (χ1v) is 7.27. The van der Waals surface area contributed by atoms with Crippen LogP contribution in [0.2, 0.25) is 0 Å². The van der Waals surface area contributed by atoms with Crippen LogP contribution in [-0.4, -0.2) is 22.7 Å². The molecule has 0 amide bonds. The molecule has 1 aliphatic rings. The number of fused-ring (bicyclic) bond motifs is 1. The van der Waals surface area contributed by atoms with Crippen LogP contribution in [0, 0.1) is 0 Å². The van der Waals surface area contributed by atoms with E-state index in [4.69, 9.17) is 4.74 Å². The van der Waals surface area contributed by atoms with E-state index in [9.17, 15) is 0 Å². The zero-order chi connectivity index (χ0) is 13.8.